The Morgan fingerprint density at radius 3 is 2.17 bits per heavy atom. The highest BCUT2D eigenvalue weighted by molar-refractivity contribution is 7.85. The average Bonchev–Trinajstić information content (AvgIpc) is 2.69. The molecule has 0 saturated carbocycles. The first-order valence-corrected chi connectivity index (χ1v) is 12.4. The van der Waals surface area contributed by atoms with Crippen LogP contribution in [0.1, 0.15) is 82.6 Å². The molecule has 8 heteroatoms. The molecule has 1 aromatic rings. The average molecular weight is 444 g/mol. The number of aliphatic carboxylic acids is 1. The van der Waals surface area contributed by atoms with E-state index in [1.807, 2.05) is 0 Å². The van der Waals surface area contributed by atoms with E-state index >= 15 is 0 Å². The third kappa shape index (κ3) is 11.1. The number of hydrogen-bond donors (Lipinski definition) is 4. The van der Waals surface area contributed by atoms with E-state index in [0.29, 0.717) is 18.5 Å². The van der Waals surface area contributed by atoms with Crippen molar-refractivity contribution in [2.45, 2.75) is 88.0 Å². The zero-order chi connectivity index (χ0) is 22.4. The van der Waals surface area contributed by atoms with Gasteiger partial charge in [-0.25, -0.2) is 0 Å². The van der Waals surface area contributed by atoms with Crippen molar-refractivity contribution in [1.82, 2.24) is 5.32 Å². The van der Waals surface area contributed by atoms with Crippen molar-refractivity contribution >= 4 is 16.1 Å². The zero-order valence-corrected chi connectivity index (χ0v) is 18.7. The fraction of sp³-hybridized carbons (Fsp3) is 0.682. The van der Waals surface area contributed by atoms with Crippen LogP contribution in [0.25, 0.3) is 0 Å². The standard InChI is InChI=1S/C22H37NO6S/c1-2-3-4-5-7-10-19(24)17-23-16-9-6-8-11-21(22(25)26)18-12-14-20(15-13-18)30(27,28)29/h12-15,19,21,23-24H,2-11,16-17H2,1H3,(H,25,26)(H,27,28,29). The molecule has 0 spiro atoms. The smallest absolute Gasteiger partial charge is 0.310 e. The lowest BCUT2D eigenvalue weighted by Gasteiger charge is -2.14. The minimum atomic E-state index is -4.28. The highest BCUT2D eigenvalue weighted by atomic mass is 32.2. The molecule has 0 heterocycles. The molecule has 0 saturated heterocycles. The minimum absolute atomic E-state index is 0.246. The maximum atomic E-state index is 11.6. The van der Waals surface area contributed by atoms with Crippen molar-refractivity contribution in [3.8, 4) is 0 Å². The van der Waals surface area contributed by atoms with Crippen LogP contribution in [0, 0.1) is 0 Å². The summed E-state index contributed by atoms with van der Waals surface area (Å²) in [6.45, 7) is 3.56. The van der Waals surface area contributed by atoms with Crippen molar-refractivity contribution < 1.29 is 28.0 Å². The van der Waals surface area contributed by atoms with Gasteiger partial charge >= 0.3 is 5.97 Å². The van der Waals surface area contributed by atoms with Crippen LogP contribution in [0.4, 0.5) is 0 Å². The molecular weight excluding hydrogens is 406 g/mol. The lowest BCUT2D eigenvalue weighted by atomic mass is 9.93. The monoisotopic (exact) mass is 443 g/mol. The van der Waals surface area contributed by atoms with E-state index < -0.39 is 22.0 Å². The molecule has 2 atom stereocenters. The Labute approximate surface area is 180 Å². The molecule has 7 nitrogen and oxygen atoms in total. The van der Waals surface area contributed by atoms with E-state index in [1.54, 1.807) is 0 Å². The van der Waals surface area contributed by atoms with E-state index in [-0.39, 0.29) is 11.0 Å². The van der Waals surface area contributed by atoms with Gasteiger partial charge in [-0.1, -0.05) is 64.0 Å². The van der Waals surface area contributed by atoms with Crippen LogP contribution >= 0.6 is 0 Å². The van der Waals surface area contributed by atoms with Crippen molar-refractivity contribution in [2.75, 3.05) is 13.1 Å². The van der Waals surface area contributed by atoms with Crippen LogP contribution in [0.3, 0.4) is 0 Å². The second kappa shape index (κ2) is 14.5. The summed E-state index contributed by atoms with van der Waals surface area (Å²) in [6, 6.07) is 5.32. The number of carboxylic acids is 1. The maximum absolute atomic E-state index is 11.6. The third-order valence-electron chi connectivity index (χ3n) is 5.25. The number of benzene rings is 1. The highest BCUT2D eigenvalue weighted by Gasteiger charge is 2.20. The molecule has 1 rings (SSSR count). The number of aliphatic hydroxyl groups excluding tert-OH is 1. The molecule has 30 heavy (non-hydrogen) atoms. The number of unbranched alkanes of at least 4 members (excludes halogenated alkanes) is 6. The quantitative estimate of drug-likeness (QED) is 0.212. The molecule has 0 aliphatic carbocycles. The number of carbonyl (C=O) groups is 1. The van der Waals surface area contributed by atoms with Crippen molar-refractivity contribution in [1.29, 1.82) is 0 Å². The first kappa shape index (κ1) is 26.6. The predicted molar refractivity (Wildman–Crippen MR) is 117 cm³/mol. The second-order valence-electron chi connectivity index (χ2n) is 7.85. The van der Waals surface area contributed by atoms with Gasteiger partial charge in [-0.2, -0.15) is 8.42 Å². The summed E-state index contributed by atoms with van der Waals surface area (Å²) >= 11 is 0. The molecule has 0 aliphatic rings. The summed E-state index contributed by atoms with van der Waals surface area (Å²) in [5.74, 6) is -1.65. The van der Waals surface area contributed by atoms with Gasteiger partial charge in [-0.15, -0.1) is 0 Å². The van der Waals surface area contributed by atoms with Crippen LogP contribution in [0.5, 0.6) is 0 Å². The van der Waals surface area contributed by atoms with Gasteiger partial charge in [0.2, 0.25) is 0 Å². The maximum Gasteiger partial charge on any atom is 0.310 e. The van der Waals surface area contributed by atoms with Crippen LogP contribution in [0.15, 0.2) is 29.2 Å². The molecule has 0 aromatic heterocycles. The molecule has 0 bridgehead atoms. The predicted octanol–water partition coefficient (Wildman–Crippen LogP) is 3.97. The summed E-state index contributed by atoms with van der Waals surface area (Å²) in [7, 11) is -4.28. The van der Waals surface area contributed by atoms with Crippen LogP contribution in [-0.2, 0) is 14.9 Å². The first-order chi connectivity index (χ1) is 14.3. The summed E-state index contributed by atoms with van der Waals surface area (Å²) in [6.07, 6.45) is 9.42. The van der Waals surface area contributed by atoms with Gasteiger partial charge in [0.1, 0.15) is 0 Å². The third-order valence-corrected chi connectivity index (χ3v) is 6.11. The van der Waals surface area contributed by atoms with Gasteiger partial charge in [0.25, 0.3) is 10.1 Å². The largest absolute Gasteiger partial charge is 0.481 e. The minimum Gasteiger partial charge on any atom is -0.481 e. The van der Waals surface area contributed by atoms with Gasteiger partial charge < -0.3 is 15.5 Å². The Hall–Kier alpha value is -1.48. The summed E-state index contributed by atoms with van der Waals surface area (Å²) in [4.78, 5) is 11.3. The molecule has 2 unspecified atom stereocenters. The second-order valence-corrected chi connectivity index (χ2v) is 9.27. The van der Waals surface area contributed by atoms with E-state index in [9.17, 15) is 23.4 Å². The highest BCUT2D eigenvalue weighted by Crippen LogP contribution is 2.24. The van der Waals surface area contributed by atoms with Crippen molar-refractivity contribution in [3.05, 3.63) is 29.8 Å². The number of carboxylic acid groups (broad SMARTS) is 1. The van der Waals surface area contributed by atoms with E-state index in [2.05, 4.69) is 12.2 Å². The molecule has 0 aliphatic heterocycles. The fourth-order valence-electron chi connectivity index (χ4n) is 3.43. The normalized spacial score (nSPS) is 13.8. The van der Waals surface area contributed by atoms with Gasteiger partial charge in [0, 0.05) is 6.54 Å². The molecule has 1 aromatic carbocycles. The van der Waals surface area contributed by atoms with Gasteiger partial charge in [0.05, 0.1) is 16.9 Å². The zero-order valence-electron chi connectivity index (χ0n) is 17.9. The topological polar surface area (TPSA) is 124 Å². The molecule has 0 radical (unpaired) electrons. The van der Waals surface area contributed by atoms with Gasteiger partial charge in [-0.3, -0.25) is 9.35 Å². The van der Waals surface area contributed by atoms with Gasteiger partial charge in [-0.05, 0) is 43.5 Å². The molecule has 0 fully saturated rings. The van der Waals surface area contributed by atoms with Crippen LogP contribution in [-0.4, -0.2) is 48.3 Å². The van der Waals surface area contributed by atoms with E-state index in [0.717, 1.165) is 38.6 Å². The molecule has 0 amide bonds. The number of nitrogens with one attached hydrogen (secondary N) is 1. The Morgan fingerprint density at radius 2 is 1.57 bits per heavy atom. The van der Waals surface area contributed by atoms with Crippen molar-refractivity contribution in [2.24, 2.45) is 0 Å². The summed E-state index contributed by atoms with van der Waals surface area (Å²) in [5.41, 5.74) is 0.523. The number of aliphatic hydroxyl groups is 1. The molecule has 4 N–H and O–H groups in total. The van der Waals surface area contributed by atoms with Crippen LogP contribution < -0.4 is 5.32 Å². The first-order valence-electron chi connectivity index (χ1n) is 10.9. The Morgan fingerprint density at radius 1 is 0.967 bits per heavy atom. The number of hydrogen-bond acceptors (Lipinski definition) is 5. The number of rotatable bonds is 17. The van der Waals surface area contributed by atoms with Crippen LogP contribution in [0.2, 0.25) is 0 Å². The summed E-state index contributed by atoms with van der Waals surface area (Å²) < 4.78 is 31.2. The van der Waals surface area contributed by atoms with E-state index in [4.69, 9.17) is 4.55 Å². The van der Waals surface area contributed by atoms with Crippen molar-refractivity contribution in [3.63, 3.8) is 0 Å². The Balaban J connectivity index is 2.22. The fourth-order valence-corrected chi connectivity index (χ4v) is 3.91. The lowest BCUT2D eigenvalue weighted by molar-refractivity contribution is -0.139. The molecular formula is C22H37NO6S. The Bertz CT molecular complexity index is 705. The lowest BCUT2D eigenvalue weighted by Crippen LogP contribution is -2.27. The molecule has 172 valence electrons. The summed E-state index contributed by atoms with van der Waals surface area (Å²) in [5, 5.41) is 22.7. The SMILES string of the molecule is CCCCCCCC(O)CNCCCCCC(C(=O)O)c1ccc(S(=O)(=O)O)cc1. The van der Waals surface area contributed by atoms with Gasteiger partial charge in [0.15, 0.2) is 0 Å². The Kier molecular flexibility index (Phi) is 12.8. The van der Waals surface area contributed by atoms with E-state index in [1.165, 1.54) is 49.9 Å².